The molecular formula is C24H29N5O3. The van der Waals surface area contributed by atoms with Crippen LogP contribution in [0, 0.1) is 5.92 Å². The zero-order valence-electron chi connectivity index (χ0n) is 18.1. The fourth-order valence-corrected chi connectivity index (χ4v) is 4.71. The summed E-state index contributed by atoms with van der Waals surface area (Å²) in [5.41, 5.74) is 2.39. The number of amides is 2. The molecule has 0 aliphatic carbocycles. The van der Waals surface area contributed by atoms with Crippen molar-refractivity contribution >= 4 is 23.3 Å². The summed E-state index contributed by atoms with van der Waals surface area (Å²) < 4.78 is 5.46. The molecule has 2 fully saturated rings. The molecule has 5 rings (SSSR count). The molecule has 2 amide bonds. The zero-order valence-corrected chi connectivity index (χ0v) is 18.1. The molecular weight excluding hydrogens is 406 g/mol. The van der Waals surface area contributed by atoms with Gasteiger partial charge in [0.1, 0.15) is 5.82 Å². The van der Waals surface area contributed by atoms with Gasteiger partial charge in [-0.15, -0.1) is 0 Å². The number of rotatable bonds is 4. The molecule has 2 saturated heterocycles. The van der Waals surface area contributed by atoms with E-state index in [-0.39, 0.29) is 24.4 Å². The summed E-state index contributed by atoms with van der Waals surface area (Å²) in [7, 11) is 0. The van der Waals surface area contributed by atoms with Crippen LogP contribution in [0.4, 0.5) is 11.5 Å². The van der Waals surface area contributed by atoms with E-state index < -0.39 is 0 Å². The first kappa shape index (κ1) is 20.9. The minimum Gasteiger partial charge on any atom is -0.381 e. The number of carbonyl (C=O) groups excluding carboxylic acids is 2. The van der Waals surface area contributed by atoms with Gasteiger partial charge in [-0.25, -0.2) is 4.98 Å². The zero-order chi connectivity index (χ0) is 21.9. The van der Waals surface area contributed by atoms with Gasteiger partial charge in [0.15, 0.2) is 0 Å². The van der Waals surface area contributed by atoms with Crippen LogP contribution in [0.5, 0.6) is 0 Å². The lowest BCUT2D eigenvalue weighted by Crippen LogP contribution is -2.48. The predicted octanol–water partition coefficient (Wildman–Crippen LogP) is 2.05. The fraction of sp³-hybridized carbons (Fsp3) is 0.458. The van der Waals surface area contributed by atoms with E-state index in [1.807, 2.05) is 29.2 Å². The predicted molar refractivity (Wildman–Crippen MR) is 122 cm³/mol. The Bertz CT molecular complexity index is 977. The Morgan fingerprint density at radius 3 is 2.81 bits per heavy atom. The van der Waals surface area contributed by atoms with Gasteiger partial charge in [0.2, 0.25) is 5.91 Å². The number of piperazine rings is 1. The number of hydrogen-bond donors (Lipinski definition) is 2. The van der Waals surface area contributed by atoms with E-state index >= 15 is 0 Å². The molecule has 2 N–H and O–H groups in total. The van der Waals surface area contributed by atoms with Crippen molar-refractivity contribution in [1.82, 2.24) is 15.2 Å². The minimum atomic E-state index is -0.0493. The second-order valence-corrected chi connectivity index (χ2v) is 8.67. The van der Waals surface area contributed by atoms with Crippen LogP contribution in [0.1, 0.15) is 34.8 Å². The lowest BCUT2D eigenvalue weighted by Gasteiger charge is -2.35. The molecule has 1 unspecified atom stereocenters. The van der Waals surface area contributed by atoms with Gasteiger partial charge in [-0.3, -0.25) is 9.59 Å². The first-order valence-corrected chi connectivity index (χ1v) is 11.4. The van der Waals surface area contributed by atoms with E-state index in [1.165, 1.54) is 5.56 Å². The first-order valence-electron chi connectivity index (χ1n) is 11.4. The van der Waals surface area contributed by atoms with Gasteiger partial charge in [0, 0.05) is 51.6 Å². The molecule has 8 heteroatoms. The molecule has 2 aromatic rings. The summed E-state index contributed by atoms with van der Waals surface area (Å²) in [5.74, 6) is 1.03. The molecule has 1 aromatic heterocycles. The number of nitrogens with zero attached hydrogens (tertiary/aromatic N) is 3. The number of pyridine rings is 1. The number of anilines is 2. The second-order valence-electron chi connectivity index (χ2n) is 8.67. The molecule has 0 spiro atoms. The Kier molecular flexibility index (Phi) is 6.05. The quantitative estimate of drug-likeness (QED) is 0.765. The molecule has 1 atom stereocenters. The van der Waals surface area contributed by atoms with Crippen molar-refractivity contribution in [2.75, 3.05) is 56.2 Å². The third kappa shape index (κ3) is 4.33. The number of carbonyl (C=O) groups is 2. The summed E-state index contributed by atoms with van der Waals surface area (Å²) in [6, 6.07) is 12.1. The topological polar surface area (TPSA) is 86.8 Å². The largest absolute Gasteiger partial charge is 0.381 e. The van der Waals surface area contributed by atoms with E-state index in [9.17, 15) is 9.59 Å². The highest BCUT2D eigenvalue weighted by Crippen LogP contribution is 2.31. The molecule has 0 radical (unpaired) electrons. The van der Waals surface area contributed by atoms with E-state index in [2.05, 4.69) is 27.8 Å². The molecule has 0 saturated carbocycles. The van der Waals surface area contributed by atoms with E-state index in [0.29, 0.717) is 42.6 Å². The fourth-order valence-electron chi connectivity index (χ4n) is 4.71. The van der Waals surface area contributed by atoms with Gasteiger partial charge in [-0.05, 0) is 30.4 Å². The first-order chi connectivity index (χ1) is 15.7. The average Bonchev–Trinajstić information content (AvgIpc) is 2.86. The van der Waals surface area contributed by atoms with Gasteiger partial charge in [0.25, 0.3) is 5.91 Å². The molecule has 0 bridgehead atoms. The highest BCUT2D eigenvalue weighted by Gasteiger charge is 2.31. The Morgan fingerprint density at radius 1 is 1.19 bits per heavy atom. The molecule has 32 heavy (non-hydrogen) atoms. The van der Waals surface area contributed by atoms with Crippen molar-refractivity contribution in [3.8, 4) is 0 Å². The number of nitrogens with one attached hydrogen (secondary N) is 2. The lowest BCUT2D eigenvalue weighted by atomic mass is 9.99. The van der Waals surface area contributed by atoms with Crippen LogP contribution < -0.4 is 15.5 Å². The third-order valence-corrected chi connectivity index (χ3v) is 6.56. The van der Waals surface area contributed by atoms with Crippen molar-refractivity contribution in [3.05, 3.63) is 53.7 Å². The second kappa shape index (κ2) is 9.26. The van der Waals surface area contributed by atoms with Gasteiger partial charge in [0.05, 0.1) is 17.8 Å². The normalized spacial score (nSPS) is 21.8. The molecule has 4 heterocycles. The minimum absolute atomic E-state index is 0.0155. The SMILES string of the molecule is O=C(c1cnc2c(c1)N(CC1CCOCC1)C(=O)CN2)N1CCNC(c2ccccc2)C1. The van der Waals surface area contributed by atoms with Crippen LogP contribution in [0.3, 0.4) is 0 Å². The van der Waals surface area contributed by atoms with Crippen molar-refractivity contribution in [1.29, 1.82) is 0 Å². The Balaban J connectivity index is 1.35. The summed E-state index contributed by atoms with van der Waals surface area (Å²) in [4.78, 5) is 34.2. The van der Waals surface area contributed by atoms with Crippen molar-refractivity contribution in [2.24, 2.45) is 5.92 Å². The monoisotopic (exact) mass is 435 g/mol. The van der Waals surface area contributed by atoms with Crippen LogP contribution in [-0.4, -0.2) is 67.6 Å². The van der Waals surface area contributed by atoms with Crippen molar-refractivity contribution in [3.63, 3.8) is 0 Å². The molecule has 3 aliphatic rings. The van der Waals surface area contributed by atoms with Gasteiger partial charge >= 0.3 is 0 Å². The maximum absolute atomic E-state index is 13.4. The van der Waals surface area contributed by atoms with E-state index in [4.69, 9.17) is 4.74 Å². The summed E-state index contributed by atoms with van der Waals surface area (Å²) >= 11 is 0. The smallest absolute Gasteiger partial charge is 0.255 e. The van der Waals surface area contributed by atoms with Crippen LogP contribution in [0.2, 0.25) is 0 Å². The Labute approximate surface area is 187 Å². The third-order valence-electron chi connectivity index (χ3n) is 6.56. The standard InChI is InChI=1S/C24H29N5O3/c30-22-14-27-23-21(29(22)15-17-6-10-32-11-7-17)12-19(13-26-23)24(31)28-9-8-25-20(16-28)18-4-2-1-3-5-18/h1-5,12-13,17,20,25H,6-11,14-16H2,(H,26,27). The lowest BCUT2D eigenvalue weighted by molar-refractivity contribution is -0.117. The maximum Gasteiger partial charge on any atom is 0.255 e. The van der Waals surface area contributed by atoms with Crippen LogP contribution in [0.25, 0.3) is 0 Å². The van der Waals surface area contributed by atoms with Crippen LogP contribution >= 0.6 is 0 Å². The number of aromatic nitrogens is 1. The molecule has 3 aliphatic heterocycles. The van der Waals surface area contributed by atoms with E-state index in [0.717, 1.165) is 32.6 Å². The summed E-state index contributed by atoms with van der Waals surface area (Å²) in [5, 5.41) is 6.59. The highest BCUT2D eigenvalue weighted by molar-refractivity contribution is 6.04. The van der Waals surface area contributed by atoms with Gasteiger partial charge in [-0.1, -0.05) is 30.3 Å². The van der Waals surface area contributed by atoms with E-state index in [1.54, 1.807) is 11.1 Å². The summed E-state index contributed by atoms with van der Waals surface area (Å²) in [6.45, 7) is 4.32. The highest BCUT2D eigenvalue weighted by atomic mass is 16.5. The van der Waals surface area contributed by atoms with Crippen LogP contribution in [-0.2, 0) is 9.53 Å². The molecule has 1 aromatic carbocycles. The molecule has 8 nitrogen and oxygen atoms in total. The van der Waals surface area contributed by atoms with Gasteiger partial charge in [-0.2, -0.15) is 0 Å². The van der Waals surface area contributed by atoms with Crippen molar-refractivity contribution in [2.45, 2.75) is 18.9 Å². The Hall–Kier alpha value is -2.97. The van der Waals surface area contributed by atoms with Crippen molar-refractivity contribution < 1.29 is 14.3 Å². The maximum atomic E-state index is 13.4. The number of ether oxygens (including phenoxy) is 1. The number of hydrogen-bond acceptors (Lipinski definition) is 6. The Morgan fingerprint density at radius 2 is 2.00 bits per heavy atom. The van der Waals surface area contributed by atoms with Crippen LogP contribution in [0.15, 0.2) is 42.6 Å². The van der Waals surface area contributed by atoms with Gasteiger partial charge < -0.3 is 25.2 Å². The average molecular weight is 436 g/mol. The molecule has 168 valence electrons. The number of benzene rings is 1. The number of fused-ring (bicyclic) bond motifs is 1. The summed E-state index contributed by atoms with van der Waals surface area (Å²) in [6.07, 6.45) is 3.51.